The second-order valence-electron chi connectivity index (χ2n) is 4.55. The van der Waals surface area contributed by atoms with Gasteiger partial charge in [0.15, 0.2) is 5.65 Å². The van der Waals surface area contributed by atoms with Gasteiger partial charge in [0.2, 0.25) is 0 Å². The number of benzene rings is 1. The van der Waals surface area contributed by atoms with Crippen LogP contribution in [0, 0.1) is 0 Å². The van der Waals surface area contributed by atoms with E-state index in [9.17, 15) is 4.79 Å². The number of pyridine rings is 2. The molecule has 4 nitrogen and oxygen atoms in total. The molecular formula is C17H12N2O2. The van der Waals surface area contributed by atoms with E-state index in [1.165, 1.54) is 0 Å². The van der Waals surface area contributed by atoms with Crippen molar-refractivity contribution in [2.75, 3.05) is 0 Å². The van der Waals surface area contributed by atoms with Crippen molar-refractivity contribution in [2.45, 2.75) is 0 Å². The average molecular weight is 276 g/mol. The van der Waals surface area contributed by atoms with E-state index in [0.717, 1.165) is 16.6 Å². The summed E-state index contributed by atoms with van der Waals surface area (Å²) in [5, 5.41) is 9.85. The predicted molar refractivity (Wildman–Crippen MR) is 81.9 cm³/mol. The van der Waals surface area contributed by atoms with Crippen molar-refractivity contribution in [1.29, 1.82) is 0 Å². The van der Waals surface area contributed by atoms with Gasteiger partial charge in [-0.2, -0.15) is 0 Å². The number of rotatable bonds is 3. The first-order valence-corrected chi connectivity index (χ1v) is 6.45. The lowest BCUT2D eigenvalue weighted by Gasteiger charge is -1.98. The number of carbonyl (C=O) groups is 1. The monoisotopic (exact) mass is 276 g/mol. The normalized spacial score (nSPS) is 11.0. The Hall–Kier alpha value is -3.01. The van der Waals surface area contributed by atoms with E-state index >= 15 is 0 Å². The molecular weight excluding hydrogens is 264 g/mol. The molecule has 0 amide bonds. The zero-order chi connectivity index (χ0) is 14.7. The van der Waals surface area contributed by atoms with Crippen LogP contribution in [0.25, 0.3) is 23.2 Å². The molecule has 1 N–H and O–H groups in total. The maximum Gasteiger partial charge on any atom is 0.335 e. The molecule has 0 aliphatic heterocycles. The Balaban J connectivity index is 1.85. The summed E-state index contributed by atoms with van der Waals surface area (Å²) in [6.07, 6.45) is 5.49. The van der Waals surface area contributed by atoms with Crippen LogP contribution in [0.4, 0.5) is 0 Å². The Morgan fingerprint density at radius 2 is 1.81 bits per heavy atom. The molecule has 0 aliphatic carbocycles. The van der Waals surface area contributed by atoms with Gasteiger partial charge in [-0.25, -0.2) is 14.8 Å². The quantitative estimate of drug-likeness (QED) is 0.795. The third-order valence-electron chi connectivity index (χ3n) is 3.09. The summed E-state index contributed by atoms with van der Waals surface area (Å²) in [5.74, 6) is -0.923. The van der Waals surface area contributed by atoms with E-state index in [0.29, 0.717) is 5.65 Å². The van der Waals surface area contributed by atoms with Crippen molar-refractivity contribution >= 4 is 29.2 Å². The standard InChI is InChI=1S/C17H12N2O2/c20-17(21)14-6-3-12(4-7-14)5-9-15-10-8-13-2-1-11-18-16(13)19-15/h1-11H,(H,20,21)/b9-5+. The Morgan fingerprint density at radius 3 is 2.57 bits per heavy atom. The second-order valence-corrected chi connectivity index (χ2v) is 4.55. The summed E-state index contributed by atoms with van der Waals surface area (Å²) in [4.78, 5) is 19.4. The molecule has 2 aromatic heterocycles. The fourth-order valence-corrected chi connectivity index (χ4v) is 1.98. The highest BCUT2D eigenvalue weighted by Crippen LogP contribution is 2.12. The first kappa shape index (κ1) is 13.0. The SMILES string of the molecule is O=C(O)c1ccc(/C=C/c2ccc3cccnc3n2)cc1. The van der Waals surface area contributed by atoms with Crippen LogP contribution in [-0.2, 0) is 0 Å². The van der Waals surface area contributed by atoms with Crippen molar-refractivity contribution < 1.29 is 9.90 Å². The number of hydrogen-bond donors (Lipinski definition) is 1. The van der Waals surface area contributed by atoms with Gasteiger partial charge in [-0.05, 0) is 48.0 Å². The molecule has 2 heterocycles. The predicted octanol–water partition coefficient (Wildman–Crippen LogP) is 3.50. The molecule has 0 atom stereocenters. The van der Waals surface area contributed by atoms with Crippen molar-refractivity contribution in [3.05, 3.63) is 71.5 Å². The minimum Gasteiger partial charge on any atom is -0.478 e. The minimum atomic E-state index is -0.923. The van der Waals surface area contributed by atoms with Crippen molar-refractivity contribution in [3.63, 3.8) is 0 Å². The molecule has 102 valence electrons. The third kappa shape index (κ3) is 2.95. The highest BCUT2D eigenvalue weighted by molar-refractivity contribution is 5.88. The number of carboxylic acids is 1. The molecule has 3 rings (SSSR count). The van der Waals surface area contributed by atoms with E-state index in [-0.39, 0.29) is 5.56 Å². The fourth-order valence-electron chi connectivity index (χ4n) is 1.98. The number of nitrogens with zero attached hydrogens (tertiary/aromatic N) is 2. The zero-order valence-corrected chi connectivity index (χ0v) is 11.1. The van der Waals surface area contributed by atoms with Crippen LogP contribution in [-0.4, -0.2) is 21.0 Å². The van der Waals surface area contributed by atoms with E-state index in [4.69, 9.17) is 5.11 Å². The number of hydrogen-bond acceptors (Lipinski definition) is 3. The first-order chi connectivity index (χ1) is 10.2. The molecule has 0 fully saturated rings. The summed E-state index contributed by atoms with van der Waals surface area (Å²) < 4.78 is 0. The Morgan fingerprint density at radius 1 is 1.00 bits per heavy atom. The van der Waals surface area contributed by atoms with Gasteiger partial charge in [0.1, 0.15) is 0 Å². The van der Waals surface area contributed by atoms with Crippen molar-refractivity contribution in [1.82, 2.24) is 9.97 Å². The van der Waals surface area contributed by atoms with Crippen LogP contribution < -0.4 is 0 Å². The smallest absolute Gasteiger partial charge is 0.335 e. The number of aromatic carboxylic acids is 1. The Kier molecular flexibility index (Phi) is 3.43. The highest BCUT2D eigenvalue weighted by Gasteiger charge is 2.00. The molecule has 0 aliphatic rings. The van der Waals surface area contributed by atoms with Gasteiger partial charge in [0, 0.05) is 11.6 Å². The first-order valence-electron chi connectivity index (χ1n) is 6.45. The van der Waals surface area contributed by atoms with Crippen LogP contribution in [0.5, 0.6) is 0 Å². The molecule has 0 radical (unpaired) electrons. The number of carboxylic acid groups (broad SMARTS) is 1. The van der Waals surface area contributed by atoms with Crippen LogP contribution in [0.2, 0.25) is 0 Å². The minimum absolute atomic E-state index is 0.278. The summed E-state index contributed by atoms with van der Waals surface area (Å²) in [6.45, 7) is 0. The average Bonchev–Trinajstić information content (AvgIpc) is 2.53. The molecule has 0 unspecified atom stereocenters. The maximum atomic E-state index is 10.8. The Bertz CT molecular complexity index is 824. The van der Waals surface area contributed by atoms with Gasteiger partial charge in [-0.15, -0.1) is 0 Å². The van der Waals surface area contributed by atoms with E-state index in [2.05, 4.69) is 9.97 Å². The van der Waals surface area contributed by atoms with E-state index < -0.39 is 5.97 Å². The molecule has 3 aromatic rings. The molecule has 1 aromatic carbocycles. The van der Waals surface area contributed by atoms with Gasteiger partial charge in [0.05, 0.1) is 11.3 Å². The van der Waals surface area contributed by atoms with Crippen LogP contribution in [0.1, 0.15) is 21.6 Å². The second kappa shape index (κ2) is 5.54. The summed E-state index contributed by atoms with van der Waals surface area (Å²) in [6, 6.07) is 14.4. The lowest BCUT2D eigenvalue weighted by molar-refractivity contribution is 0.0697. The topological polar surface area (TPSA) is 63.1 Å². The van der Waals surface area contributed by atoms with Gasteiger partial charge in [-0.1, -0.05) is 18.2 Å². The molecule has 21 heavy (non-hydrogen) atoms. The summed E-state index contributed by atoms with van der Waals surface area (Å²) in [7, 11) is 0. The molecule has 0 saturated heterocycles. The van der Waals surface area contributed by atoms with E-state index in [1.54, 1.807) is 30.5 Å². The maximum absolute atomic E-state index is 10.8. The van der Waals surface area contributed by atoms with Gasteiger partial charge in [0.25, 0.3) is 0 Å². The summed E-state index contributed by atoms with van der Waals surface area (Å²) in [5.41, 5.74) is 2.72. The number of aromatic nitrogens is 2. The molecule has 0 bridgehead atoms. The van der Waals surface area contributed by atoms with Crippen molar-refractivity contribution in [3.8, 4) is 0 Å². The van der Waals surface area contributed by atoms with Crippen LogP contribution in [0.3, 0.4) is 0 Å². The Labute approximate surface area is 121 Å². The molecule has 0 spiro atoms. The fraction of sp³-hybridized carbons (Fsp3) is 0. The molecule has 4 heteroatoms. The van der Waals surface area contributed by atoms with Gasteiger partial charge >= 0.3 is 5.97 Å². The zero-order valence-electron chi connectivity index (χ0n) is 11.1. The largest absolute Gasteiger partial charge is 0.478 e. The molecule has 0 saturated carbocycles. The van der Waals surface area contributed by atoms with Gasteiger partial charge < -0.3 is 5.11 Å². The van der Waals surface area contributed by atoms with E-state index in [1.807, 2.05) is 36.4 Å². The lowest BCUT2D eigenvalue weighted by atomic mass is 10.1. The highest BCUT2D eigenvalue weighted by atomic mass is 16.4. The van der Waals surface area contributed by atoms with Crippen LogP contribution in [0.15, 0.2) is 54.7 Å². The van der Waals surface area contributed by atoms with Gasteiger partial charge in [-0.3, -0.25) is 0 Å². The summed E-state index contributed by atoms with van der Waals surface area (Å²) >= 11 is 0. The van der Waals surface area contributed by atoms with Crippen molar-refractivity contribution in [2.24, 2.45) is 0 Å². The number of fused-ring (bicyclic) bond motifs is 1. The van der Waals surface area contributed by atoms with Crippen LogP contribution >= 0.6 is 0 Å². The lowest BCUT2D eigenvalue weighted by Crippen LogP contribution is -1.94. The third-order valence-corrected chi connectivity index (χ3v) is 3.09.